The lowest BCUT2D eigenvalue weighted by atomic mass is 10.1. The number of aromatic nitrogens is 1. The first-order valence-electron chi connectivity index (χ1n) is 9.89. The van der Waals surface area contributed by atoms with Gasteiger partial charge in [0.15, 0.2) is 0 Å². The first kappa shape index (κ1) is 18.0. The molecule has 1 aliphatic carbocycles. The van der Waals surface area contributed by atoms with Crippen LogP contribution in [0.4, 0.5) is 0 Å². The van der Waals surface area contributed by atoms with Crippen molar-refractivity contribution in [1.29, 1.82) is 0 Å². The van der Waals surface area contributed by atoms with Gasteiger partial charge in [0.2, 0.25) is 0 Å². The number of rotatable bonds is 6. The van der Waals surface area contributed by atoms with Gasteiger partial charge in [-0.25, -0.2) is 0 Å². The lowest BCUT2D eigenvalue weighted by Gasteiger charge is -2.13. The summed E-state index contributed by atoms with van der Waals surface area (Å²) in [7, 11) is 0. The van der Waals surface area contributed by atoms with Crippen LogP contribution in [-0.2, 0) is 13.0 Å². The van der Waals surface area contributed by atoms with Crippen molar-refractivity contribution in [3.8, 4) is 11.5 Å². The molecule has 2 aliphatic rings. The zero-order valence-corrected chi connectivity index (χ0v) is 16.6. The van der Waals surface area contributed by atoms with E-state index in [-0.39, 0.29) is 12.0 Å². The van der Waals surface area contributed by atoms with E-state index in [0.717, 1.165) is 40.4 Å². The molecular formula is C22H28N2O3. The van der Waals surface area contributed by atoms with Crippen molar-refractivity contribution in [3.63, 3.8) is 0 Å². The molecule has 0 saturated heterocycles. The van der Waals surface area contributed by atoms with E-state index >= 15 is 0 Å². The van der Waals surface area contributed by atoms with Gasteiger partial charge < -0.3 is 19.4 Å². The highest BCUT2D eigenvalue weighted by atomic mass is 16.5. The third-order valence-electron chi connectivity index (χ3n) is 5.46. The largest absolute Gasteiger partial charge is 0.494 e. The zero-order valence-electron chi connectivity index (χ0n) is 16.6. The topological polar surface area (TPSA) is 52.5 Å². The fraction of sp³-hybridized carbons (Fsp3) is 0.500. The van der Waals surface area contributed by atoms with E-state index in [0.29, 0.717) is 19.2 Å². The molecule has 4 rings (SSSR count). The highest BCUT2D eigenvalue weighted by molar-refractivity contribution is 5.95. The van der Waals surface area contributed by atoms with E-state index in [2.05, 4.69) is 29.8 Å². The van der Waals surface area contributed by atoms with Gasteiger partial charge in [0, 0.05) is 41.5 Å². The molecule has 1 atom stereocenters. The normalized spacial score (nSPS) is 18.1. The second-order valence-electron chi connectivity index (χ2n) is 7.70. The third kappa shape index (κ3) is 3.43. The van der Waals surface area contributed by atoms with Gasteiger partial charge in [-0.1, -0.05) is 0 Å². The Balaban J connectivity index is 1.52. The second kappa shape index (κ2) is 6.95. The van der Waals surface area contributed by atoms with Gasteiger partial charge in [0.1, 0.15) is 17.6 Å². The number of aryl methyl sites for hydroxylation is 1. The lowest BCUT2D eigenvalue weighted by molar-refractivity contribution is 0.0950. The Morgan fingerprint density at radius 2 is 2.07 bits per heavy atom. The molecular weight excluding hydrogens is 340 g/mol. The number of carbonyl (C=O) groups is 1. The molecule has 0 unspecified atom stereocenters. The Bertz CT molecular complexity index is 880. The number of hydrogen-bond donors (Lipinski definition) is 1. The average molecular weight is 368 g/mol. The van der Waals surface area contributed by atoms with Crippen LogP contribution in [0.2, 0.25) is 0 Å². The molecule has 1 aromatic carbocycles. The SMILES string of the molecule is CCOc1cc2c(cc1CNC(=O)c1cc(C)n(C3CC3)c1C)O[C@@H](C)C2. The Morgan fingerprint density at radius 1 is 1.30 bits per heavy atom. The first-order chi connectivity index (χ1) is 13.0. The molecule has 0 bridgehead atoms. The maximum atomic E-state index is 12.8. The maximum absolute atomic E-state index is 12.8. The second-order valence-corrected chi connectivity index (χ2v) is 7.70. The average Bonchev–Trinajstić information content (AvgIpc) is 3.31. The smallest absolute Gasteiger partial charge is 0.253 e. The van der Waals surface area contributed by atoms with Crippen LogP contribution in [0.15, 0.2) is 18.2 Å². The molecule has 5 heteroatoms. The molecule has 5 nitrogen and oxygen atoms in total. The van der Waals surface area contributed by atoms with E-state index in [1.807, 2.05) is 26.0 Å². The number of nitrogens with one attached hydrogen (secondary N) is 1. The highest BCUT2D eigenvalue weighted by Gasteiger charge is 2.28. The highest BCUT2D eigenvalue weighted by Crippen LogP contribution is 2.38. The number of amides is 1. The van der Waals surface area contributed by atoms with Crippen LogP contribution in [0.25, 0.3) is 0 Å². The molecule has 1 fully saturated rings. The summed E-state index contributed by atoms with van der Waals surface area (Å²) in [4.78, 5) is 12.8. The minimum absolute atomic E-state index is 0.0350. The fourth-order valence-corrected chi connectivity index (χ4v) is 4.08. The molecule has 2 heterocycles. The Hall–Kier alpha value is -2.43. The van der Waals surface area contributed by atoms with Crippen molar-refractivity contribution in [1.82, 2.24) is 9.88 Å². The summed E-state index contributed by atoms with van der Waals surface area (Å²) in [5.74, 6) is 1.70. The van der Waals surface area contributed by atoms with E-state index in [4.69, 9.17) is 9.47 Å². The van der Waals surface area contributed by atoms with Crippen molar-refractivity contribution in [2.75, 3.05) is 6.61 Å². The number of fused-ring (bicyclic) bond motifs is 1. The minimum Gasteiger partial charge on any atom is -0.494 e. The summed E-state index contributed by atoms with van der Waals surface area (Å²) >= 11 is 0. The van der Waals surface area contributed by atoms with E-state index in [9.17, 15) is 4.79 Å². The van der Waals surface area contributed by atoms with Crippen molar-refractivity contribution in [3.05, 3.63) is 46.3 Å². The van der Waals surface area contributed by atoms with E-state index < -0.39 is 0 Å². The molecule has 1 aliphatic heterocycles. The van der Waals surface area contributed by atoms with Crippen LogP contribution in [-0.4, -0.2) is 23.2 Å². The first-order valence-corrected chi connectivity index (χ1v) is 9.89. The van der Waals surface area contributed by atoms with Gasteiger partial charge in [0.25, 0.3) is 5.91 Å². The fourth-order valence-electron chi connectivity index (χ4n) is 4.08. The number of nitrogens with zero attached hydrogens (tertiary/aromatic N) is 1. The van der Waals surface area contributed by atoms with E-state index in [1.165, 1.54) is 18.4 Å². The molecule has 1 aromatic heterocycles. The predicted octanol–water partition coefficient (Wildman–Crippen LogP) is 4.09. The van der Waals surface area contributed by atoms with E-state index in [1.54, 1.807) is 0 Å². The Morgan fingerprint density at radius 3 is 2.78 bits per heavy atom. The van der Waals surface area contributed by atoms with Gasteiger partial charge >= 0.3 is 0 Å². The molecule has 1 amide bonds. The molecule has 1 N–H and O–H groups in total. The zero-order chi connectivity index (χ0) is 19.1. The van der Waals surface area contributed by atoms with Crippen molar-refractivity contribution in [2.45, 2.75) is 65.6 Å². The summed E-state index contributed by atoms with van der Waals surface area (Å²) < 4.78 is 14.0. The molecule has 144 valence electrons. The van der Waals surface area contributed by atoms with Crippen LogP contribution < -0.4 is 14.8 Å². The van der Waals surface area contributed by atoms with Crippen molar-refractivity contribution >= 4 is 5.91 Å². The van der Waals surface area contributed by atoms with Gasteiger partial charge in [0.05, 0.1) is 12.2 Å². The van der Waals surface area contributed by atoms with Crippen molar-refractivity contribution < 1.29 is 14.3 Å². The van der Waals surface area contributed by atoms with Crippen LogP contribution in [0, 0.1) is 13.8 Å². The predicted molar refractivity (Wildman–Crippen MR) is 105 cm³/mol. The molecule has 27 heavy (non-hydrogen) atoms. The quantitative estimate of drug-likeness (QED) is 0.835. The van der Waals surface area contributed by atoms with Crippen LogP contribution in [0.5, 0.6) is 11.5 Å². The van der Waals surface area contributed by atoms with Gasteiger partial charge in [-0.05, 0) is 58.7 Å². The standard InChI is InChI=1S/C22H28N2O3/c1-5-26-20-10-16-9-14(3)27-21(16)11-17(20)12-23-22(25)19-8-13(2)24(15(19)4)18-6-7-18/h8,10-11,14,18H,5-7,9,12H2,1-4H3,(H,23,25)/t14-/m0/s1. The minimum atomic E-state index is -0.0350. The molecule has 0 radical (unpaired) electrons. The monoisotopic (exact) mass is 368 g/mol. The van der Waals surface area contributed by atoms with Gasteiger partial charge in [-0.15, -0.1) is 0 Å². The van der Waals surface area contributed by atoms with Crippen LogP contribution in [0.3, 0.4) is 0 Å². The molecule has 0 spiro atoms. The summed E-state index contributed by atoms with van der Waals surface area (Å²) in [6, 6.07) is 6.65. The molecule has 2 aromatic rings. The summed E-state index contributed by atoms with van der Waals surface area (Å²) in [6.07, 6.45) is 3.51. The maximum Gasteiger partial charge on any atom is 0.253 e. The van der Waals surface area contributed by atoms with Gasteiger partial charge in [-0.2, -0.15) is 0 Å². The lowest BCUT2D eigenvalue weighted by Crippen LogP contribution is -2.23. The van der Waals surface area contributed by atoms with Crippen molar-refractivity contribution in [2.24, 2.45) is 0 Å². The third-order valence-corrected chi connectivity index (χ3v) is 5.46. The Labute approximate surface area is 160 Å². The number of ether oxygens (including phenoxy) is 2. The molecule has 1 saturated carbocycles. The van der Waals surface area contributed by atoms with Gasteiger partial charge in [-0.3, -0.25) is 4.79 Å². The number of hydrogen-bond acceptors (Lipinski definition) is 3. The summed E-state index contributed by atoms with van der Waals surface area (Å²) in [6.45, 7) is 9.18. The Kier molecular flexibility index (Phi) is 4.62. The van der Waals surface area contributed by atoms with Crippen LogP contribution >= 0.6 is 0 Å². The van der Waals surface area contributed by atoms with Crippen LogP contribution in [0.1, 0.15) is 65.6 Å². The summed E-state index contributed by atoms with van der Waals surface area (Å²) in [5.41, 5.74) is 5.12. The summed E-state index contributed by atoms with van der Waals surface area (Å²) in [5, 5.41) is 3.07. The number of carbonyl (C=O) groups excluding carboxylic acids is 1. The number of benzene rings is 1.